The Hall–Kier alpha value is -2.00. The van der Waals surface area contributed by atoms with Crippen molar-refractivity contribution in [3.63, 3.8) is 0 Å². The Bertz CT molecular complexity index is 442. The molecule has 84 valence electrons. The van der Waals surface area contributed by atoms with Crippen LogP contribution in [0.15, 0.2) is 18.2 Å². The molecule has 0 bridgehead atoms. The number of nitro groups is 1. The third kappa shape index (κ3) is 3.00. The van der Waals surface area contributed by atoms with E-state index in [9.17, 15) is 14.5 Å². The molecule has 0 aliphatic rings. The van der Waals surface area contributed by atoms with Crippen LogP contribution >= 0.6 is 0 Å². The second-order valence-corrected chi connectivity index (χ2v) is 3.36. The highest BCUT2D eigenvalue weighted by atomic mass is 19.1. The fraction of sp³-hybridized carbons (Fsp3) is 0.300. The summed E-state index contributed by atoms with van der Waals surface area (Å²) >= 11 is 0. The lowest BCUT2D eigenvalue weighted by atomic mass is 10.1. The maximum atomic E-state index is 12.9. The highest BCUT2D eigenvalue weighted by Gasteiger charge is 2.15. The molecule has 6 heteroatoms. The van der Waals surface area contributed by atoms with E-state index in [1.165, 1.54) is 0 Å². The van der Waals surface area contributed by atoms with E-state index in [0.29, 0.717) is 0 Å². The molecule has 0 heterocycles. The summed E-state index contributed by atoms with van der Waals surface area (Å²) in [6.45, 7) is 0.301. The SMILES string of the molecule is CN(CC#N)Cc1cc(F)ccc1[N+](=O)[O-]. The molecule has 1 aromatic rings. The molecular weight excluding hydrogens is 213 g/mol. The maximum absolute atomic E-state index is 12.9. The molecule has 0 radical (unpaired) electrons. The van der Waals surface area contributed by atoms with E-state index in [-0.39, 0.29) is 24.3 Å². The van der Waals surface area contributed by atoms with Gasteiger partial charge in [0.15, 0.2) is 0 Å². The van der Waals surface area contributed by atoms with Crippen molar-refractivity contribution in [3.05, 3.63) is 39.7 Å². The molecule has 1 rings (SSSR count). The molecule has 0 N–H and O–H groups in total. The molecule has 0 fully saturated rings. The van der Waals surface area contributed by atoms with Crippen molar-refractivity contribution in [1.29, 1.82) is 5.26 Å². The number of nitriles is 1. The summed E-state index contributed by atoms with van der Waals surface area (Å²) in [5, 5.41) is 19.1. The molecule has 1 aromatic carbocycles. The van der Waals surface area contributed by atoms with Crippen LogP contribution in [0.4, 0.5) is 10.1 Å². The lowest BCUT2D eigenvalue weighted by molar-refractivity contribution is -0.385. The van der Waals surface area contributed by atoms with E-state index in [2.05, 4.69) is 0 Å². The molecule has 0 atom stereocenters. The van der Waals surface area contributed by atoms with Crippen LogP contribution < -0.4 is 0 Å². The number of nitrogens with zero attached hydrogens (tertiary/aromatic N) is 3. The largest absolute Gasteiger partial charge is 0.289 e. The van der Waals surface area contributed by atoms with E-state index in [0.717, 1.165) is 18.2 Å². The number of rotatable bonds is 4. The molecule has 0 aliphatic heterocycles. The first kappa shape index (κ1) is 12.1. The Labute approximate surface area is 91.9 Å². The van der Waals surface area contributed by atoms with E-state index in [4.69, 9.17) is 5.26 Å². The normalized spacial score (nSPS) is 10.1. The van der Waals surface area contributed by atoms with Crippen LogP contribution in [-0.2, 0) is 6.54 Å². The van der Waals surface area contributed by atoms with Gasteiger partial charge in [0, 0.05) is 18.2 Å². The summed E-state index contributed by atoms with van der Waals surface area (Å²) in [6, 6.07) is 5.21. The fourth-order valence-electron chi connectivity index (χ4n) is 1.33. The Kier molecular flexibility index (Phi) is 3.91. The van der Waals surface area contributed by atoms with Crippen LogP contribution in [0.2, 0.25) is 0 Å². The van der Waals surface area contributed by atoms with Gasteiger partial charge in [-0.3, -0.25) is 15.0 Å². The Morgan fingerprint density at radius 3 is 2.88 bits per heavy atom. The second-order valence-electron chi connectivity index (χ2n) is 3.36. The van der Waals surface area contributed by atoms with E-state index in [1.807, 2.05) is 6.07 Å². The minimum atomic E-state index is -0.561. The van der Waals surface area contributed by atoms with Gasteiger partial charge in [0.05, 0.1) is 17.5 Å². The third-order valence-corrected chi connectivity index (χ3v) is 2.02. The molecule has 0 aliphatic carbocycles. The number of hydrogen-bond donors (Lipinski definition) is 0. The smallest absolute Gasteiger partial charge is 0.274 e. The predicted octanol–water partition coefficient (Wildman–Crippen LogP) is 1.69. The first-order chi connectivity index (χ1) is 7.54. The average Bonchev–Trinajstić information content (AvgIpc) is 2.17. The molecule has 5 nitrogen and oxygen atoms in total. The minimum Gasteiger partial charge on any atom is -0.289 e. The first-order valence-electron chi connectivity index (χ1n) is 4.53. The molecule has 16 heavy (non-hydrogen) atoms. The zero-order valence-corrected chi connectivity index (χ0v) is 8.68. The quantitative estimate of drug-likeness (QED) is 0.442. The van der Waals surface area contributed by atoms with Crippen molar-refractivity contribution in [3.8, 4) is 6.07 Å². The number of benzene rings is 1. The predicted molar refractivity (Wildman–Crippen MR) is 55.0 cm³/mol. The summed E-state index contributed by atoms with van der Waals surface area (Å²) < 4.78 is 12.9. The van der Waals surface area contributed by atoms with Crippen LogP contribution in [0.3, 0.4) is 0 Å². The van der Waals surface area contributed by atoms with Crippen LogP contribution in [0, 0.1) is 27.3 Å². The van der Waals surface area contributed by atoms with Crippen molar-refractivity contribution < 1.29 is 9.31 Å². The second kappa shape index (κ2) is 5.19. The average molecular weight is 223 g/mol. The van der Waals surface area contributed by atoms with Gasteiger partial charge in [-0.1, -0.05) is 0 Å². The minimum absolute atomic E-state index is 0.133. The Morgan fingerprint density at radius 2 is 2.31 bits per heavy atom. The monoisotopic (exact) mass is 223 g/mol. The van der Waals surface area contributed by atoms with Crippen LogP contribution in [-0.4, -0.2) is 23.4 Å². The van der Waals surface area contributed by atoms with Crippen molar-refractivity contribution in [2.24, 2.45) is 0 Å². The van der Waals surface area contributed by atoms with Gasteiger partial charge in [-0.2, -0.15) is 5.26 Å². The van der Waals surface area contributed by atoms with Gasteiger partial charge < -0.3 is 0 Å². The Morgan fingerprint density at radius 1 is 1.62 bits per heavy atom. The molecular formula is C10H10FN3O2. The third-order valence-electron chi connectivity index (χ3n) is 2.02. The summed E-state index contributed by atoms with van der Waals surface area (Å²) in [4.78, 5) is 11.7. The Balaban J connectivity index is 2.97. The van der Waals surface area contributed by atoms with Gasteiger partial charge >= 0.3 is 0 Å². The summed E-state index contributed by atoms with van der Waals surface area (Å²) in [7, 11) is 1.64. The van der Waals surface area contributed by atoms with Gasteiger partial charge in [0.25, 0.3) is 5.69 Å². The van der Waals surface area contributed by atoms with Crippen LogP contribution in [0.25, 0.3) is 0 Å². The number of nitro benzene ring substituents is 1. The highest BCUT2D eigenvalue weighted by molar-refractivity contribution is 5.40. The fourth-order valence-corrected chi connectivity index (χ4v) is 1.33. The topological polar surface area (TPSA) is 70.2 Å². The lowest BCUT2D eigenvalue weighted by Crippen LogP contribution is -2.18. The van der Waals surface area contributed by atoms with Gasteiger partial charge in [-0.25, -0.2) is 4.39 Å². The summed E-state index contributed by atoms with van der Waals surface area (Å²) in [5.41, 5.74) is 0.133. The number of halogens is 1. The van der Waals surface area contributed by atoms with Crippen molar-refractivity contribution in [2.75, 3.05) is 13.6 Å². The highest BCUT2D eigenvalue weighted by Crippen LogP contribution is 2.20. The van der Waals surface area contributed by atoms with Gasteiger partial charge in [-0.15, -0.1) is 0 Å². The lowest BCUT2D eigenvalue weighted by Gasteiger charge is -2.12. The standard InChI is InChI=1S/C10H10FN3O2/c1-13(5-4-12)7-8-6-9(11)2-3-10(8)14(15)16/h2-3,6H,5,7H2,1H3. The number of hydrogen-bond acceptors (Lipinski definition) is 4. The van der Waals surface area contributed by atoms with Crippen LogP contribution in [0.5, 0.6) is 0 Å². The molecule has 0 amide bonds. The van der Waals surface area contributed by atoms with Crippen molar-refractivity contribution in [1.82, 2.24) is 4.90 Å². The van der Waals surface area contributed by atoms with E-state index < -0.39 is 10.7 Å². The van der Waals surface area contributed by atoms with Gasteiger partial charge in [0.2, 0.25) is 0 Å². The zero-order chi connectivity index (χ0) is 12.1. The van der Waals surface area contributed by atoms with Crippen LogP contribution in [0.1, 0.15) is 5.56 Å². The van der Waals surface area contributed by atoms with Gasteiger partial charge in [-0.05, 0) is 19.2 Å². The molecule has 0 spiro atoms. The van der Waals surface area contributed by atoms with E-state index in [1.54, 1.807) is 11.9 Å². The zero-order valence-electron chi connectivity index (χ0n) is 8.68. The van der Waals surface area contributed by atoms with E-state index >= 15 is 0 Å². The summed E-state index contributed by atoms with van der Waals surface area (Å²) in [5.74, 6) is -0.522. The maximum Gasteiger partial charge on any atom is 0.274 e. The summed E-state index contributed by atoms with van der Waals surface area (Å²) in [6.07, 6.45) is 0. The molecule has 0 saturated heterocycles. The molecule has 0 unspecified atom stereocenters. The van der Waals surface area contributed by atoms with Crippen molar-refractivity contribution >= 4 is 5.69 Å². The van der Waals surface area contributed by atoms with Gasteiger partial charge in [0.1, 0.15) is 5.82 Å². The first-order valence-corrected chi connectivity index (χ1v) is 4.53. The van der Waals surface area contributed by atoms with Crippen molar-refractivity contribution in [2.45, 2.75) is 6.54 Å². The molecule has 0 saturated carbocycles. The molecule has 0 aromatic heterocycles.